The molecule has 0 heterocycles. The molecule has 0 fully saturated rings. The highest BCUT2D eigenvalue weighted by molar-refractivity contribution is 6.32. The highest BCUT2D eigenvalue weighted by Gasteiger charge is 2.16. The molecular weight excluding hydrogens is 200 g/mol. The highest BCUT2D eigenvalue weighted by atomic mass is 16.5. The molecule has 1 N–H and O–H groups in total. The number of rotatable bonds is 4. The summed E-state index contributed by atoms with van der Waals surface area (Å²) in [6.45, 7) is 4.63. The van der Waals surface area contributed by atoms with Crippen LogP contribution in [-0.4, -0.2) is 49.4 Å². The molecule has 0 radical (unpaired) electrons. The van der Waals surface area contributed by atoms with Crippen LogP contribution in [0.1, 0.15) is 13.8 Å². The van der Waals surface area contributed by atoms with Crippen molar-refractivity contribution in [3.8, 4) is 0 Å². The van der Waals surface area contributed by atoms with E-state index in [4.69, 9.17) is 0 Å². The van der Waals surface area contributed by atoms with E-state index in [1.165, 1.54) is 0 Å². The van der Waals surface area contributed by atoms with Gasteiger partial charge in [-0.2, -0.15) is 0 Å². The molecule has 6 nitrogen and oxygen atoms in total. The summed E-state index contributed by atoms with van der Waals surface area (Å²) in [5, 5.41) is 2.18. The monoisotopic (exact) mass is 216 g/mol. The van der Waals surface area contributed by atoms with E-state index in [1.54, 1.807) is 4.90 Å². The van der Waals surface area contributed by atoms with E-state index in [-0.39, 0.29) is 12.5 Å². The van der Waals surface area contributed by atoms with Crippen LogP contribution < -0.4 is 5.32 Å². The van der Waals surface area contributed by atoms with Crippen LogP contribution in [0.3, 0.4) is 0 Å². The maximum atomic E-state index is 11.4. The summed E-state index contributed by atoms with van der Waals surface area (Å²) in [6.07, 6.45) is 0. The first-order valence-corrected chi connectivity index (χ1v) is 4.70. The number of carbonyl (C=O) groups is 3. The lowest BCUT2D eigenvalue weighted by atomic mass is 10.4. The zero-order chi connectivity index (χ0) is 11.8. The predicted octanol–water partition coefficient (Wildman–Crippen LogP) is -0.856. The number of nitrogens with zero attached hydrogens (tertiary/aromatic N) is 1. The molecule has 86 valence electrons. The van der Waals surface area contributed by atoms with Gasteiger partial charge in [0.25, 0.3) is 0 Å². The second-order valence-corrected chi connectivity index (χ2v) is 2.74. The Balaban J connectivity index is 4.00. The van der Waals surface area contributed by atoms with Crippen molar-refractivity contribution in [2.24, 2.45) is 0 Å². The van der Waals surface area contributed by atoms with Crippen LogP contribution in [0.25, 0.3) is 0 Å². The zero-order valence-corrected chi connectivity index (χ0v) is 9.20. The summed E-state index contributed by atoms with van der Waals surface area (Å²) in [5.41, 5.74) is 0. The van der Waals surface area contributed by atoms with Crippen LogP contribution in [0, 0.1) is 0 Å². The second-order valence-electron chi connectivity index (χ2n) is 2.74. The average molecular weight is 216 g/mol. The summed E-state index contributed by atoms with van der Waals surface area (Å²) in [4.78, 5) is 34.5. The molecule has 0 atom stereocenters. The van der Waals surface area contributed by atoms with Crippen LogP contribution in [0.5, 0.6) is 0 Å². The first-order valence-electron chi connectivity index (χ1n) is 4.70. The van der Waals surface area contributed by atoms with Gasteiger partial charge in [0.15, 0.2) is 0 Å². The molecule has 2 amide bonds. The number of esters is 1. The van der Waals surface area contributed by atoms with Crippen molar-refractivity contribution in [3.63, 3.8) is 0 Å². The summed E-state index contributed by atoms with van der Waals surface area (Å²) < 4.78 is 4.18. The standard InChI is InChI=1S/C9H16N2O4/c1-4-11(5-2)7(12)6-10-8(13)9(14)15-3/h4-6H2,1-3H3,(H,10,13). The van der Waals surface area contributed by atoms with Gasteiger partial charge in [-0.15, -0.1) is 0 Å². The van der Waals surface area contributed by atoms with Crippen LogP contribution in [0.4, 0.5) is 0 Å². The Morgan fingerprint density at radius 2 is 1.73 bits per heavy atom. The molecule has 0 aromatic carbocycles. The SMILES string of the molecule is CCN(CC)C(=O)CNC(=O)C(=O)OC. The van der Waals surface area contributed by atoms with Crippen molar-refractivity contribution < 1.29 is 19.1 Å². The zero-order valence-electron chi connectivity index (χ0n) is 9.20. The molecule has 0 unspecified atom stereocenters. The Hall–Kier alpha value is -1.59. The van der Waals surface area contributed by atoms with Gasteiger partial charge >= 0.3 is 11.9 Å². The Kier molecular flexibility index (Phi) is 6.08. The second kappa shape index (κ2) is 6.80. The minimum absolute atomic E-state index is 0.185. The summed E-state index contributed by atoms with van der Waals surface area (Å²) in [5.74, 6) is -2.13. The fourth-order valence-electron chi connectivity index (χ4n) is 1.01. The summed E-state index contributed by atoms with van der Waals surface area (Å²) in [6, 6.07) is 0. The molecule has 0 saturated heterocycles. The number of hydrogen-bond acceptors (Lipinski definition) is 4. The van der Waals surface area contributed by atoms with Crippen molar-refractivity contribution in [3.05, 3.63) is 0 Å². The Morgan fingerprint density at radius 3 is 2.13 bits per heavy atom. The number of hydrogen-bond donors (Lipinski definition) is 1. The Bertz CT molecular complexity index is 248. The van der Waals surface area contributed by atoms with Crippen LogP contribution in [0.2, 0.25) is 0 Å². The molecular formula is C9H16N2O4. The van der Waals surface area contributed by atoms with Crippen LogP contribution in [-0.2, 0) is 19.1 Å². The van der Waals surface area contributed by atoms with Gasteiger partial charge in [0.05, 0.1) is 13.7 Å². The lowest BCUT2D eigenvalue weighted by Crippen LogP contribution is -2.42. The van der Waals surface area contributed by atoms with Gasteiger partial charge in [0.1, 0.15) is 0 Å². The lowest BCUT2D eigenvalue weighted by molar-refractivity contribution is -0.153. The smallest absolute Gasteiger partial charge is 0.396 e. The first kappa shape index (κ1) is 13.4. The maximum Gasteiger partial charge on any atom is 0.396 e. The number of likely N-dealkylation sites (N-methyl/N-ethyl adjacent to an activating group) is 1. The fraction of sp³-hybridized carbons (Fsp3) is 0.667. The molecule has 0 aromatic rings. The molecule has 0 rings (SSSR count). The fourth-order valence-corrected chi connectivity index (χ4v) is 1.01. The van der Waals surface area contributed by atoms with E-state index >= 15 is 0 Å². The van der Waals surface area contributed by atoms with E-state index < -0.39 is 11.9 Å². The number of nitrogens with one attached hydrogen (secondary N) is 1. The largest absolute Gasteiger partial charge is 0.462 e. The van der Waals surface area contributed by atoms with Crippen molar-refractivity contribution >= 4 is 17.8 Å². The minimum atomic E-state index is -0.998. The predicted molar refractivity (Wildman–Crippen MR) is 53.0 cm³/mol. The molecule has 0 saturated carbocycles. The lowest BCUT2D eigenvalue weighted by Gasteiger charge is -2.18. The van der Waals surface area contributed by atoms with E-state index in [9.17, 15) is 14.4 Å². The van der Waals surface area contributed by atoms with Gasteiger partial charge in [-0.05, 0) is 13.8 Å². The van der Waals surface area contributed by atoms with E-state index in [2.05, 4.69) is 10.1 Å². The van der Waals surface area contributed by atoms with Crippen LogP contribution in [0.15, 0.2) is 0 Å². The number of amides is 2. The van der Waals surface area contributed by atoms with Crippen molar-refractivity contribution in [2.45, 2.75) is 13.8 Å². The highest BCUT2D eigenvalue weighted by Crippen LogP contribution is 1.87. The van der Waals surface area contributed by atoms with Gasteiger partial charge in [-0.25, -0.2) is 4.79 Å². The molecule has 6 heteroatoms. The van der Waals surface area contributed by atoms with Crippen molar-refractivity contribution in [2.75, 3.05) is 26.7 Å². The number of methoxy groups -OCH3 is 1. The molecule has 0 aromatic heterocycles. The number of ether oxygens (including phenoxy) is 1. The van der Waals surface area contributed by atoms with Crippen molar-refractivity contribution in [1.82, 2.24) is 10.2 Å². The van der Waals surface area contributed by atoms with Gasteiger partial charge < -0.3 is 15.0 Å². The summed E-state index contributed by atoms with van der Waals surface area (Å²) in [7, 11) is 1.11. The molecule has 0 aliphatic rings. The van der Waals surface area contributed by atoms with Gasteiger partial charge in [0.2, 0.25) is 5.91 Å². The van der Waals surface area contributed by atoms with E-state index in [0.29, 0.717) is 13.1 Å². The third-order valence-electron chi connectivity index (χ3n) is 1.89. The molecule has 0 aliphatic carbocycles. The summed E-state index contributed by atoms with van der Waals surface area (Å²) >= 11 is 0. The normalized spacial score (nSPS) is 9.27. The van der Waals surface area contributed by atoms with Gasteiger partial charge in [-0.3, -0.25) is 9.59 Å². The molecule has 15 heavy (non-hydrogen) atoms. The third-order valence-corrected chi connectivity index (χ3v) is 1.89. The maximum absolute atomic E-state index is 11.4. The first-order chi connectivity index (χ1) is 7.06. The van der Waals surface area contributed by atoms with Crippen molar-refractivity contribution in [1.29, 1.82) is 0 Å². The Morgan fingerprint density at radius 1 is 1.20 bits per heavy atom. The average Bonchev–Trinajstić information content (AvgIpc) is 2.26. The van der Waals surface area contributed by atoms with E-state index in [0.717, 1.165) is 7.11 Å². The van der Waals surface area contributed by atoms with Gasteiger partial charge in [0, 0.05) is 13.1 Å². The minimum Gasteiger partial charge on any atom is -0.462 e. The molecule has 0 bridgehead atoms. The van der Waals surface area contributed by atoms with Crippen LogP contribution >= 0.6 is 0 Å². The Labute approximate surface area is 88.6 Å². The quantitative estimate of drug-likeness (QED) is 0.490. The molecule has 0 aliphatic heterocycles. The third kappa shape index (κ3) is 4.44. The topological polar surface area (TPSA) is 75.7 Å². The van der Waals surface area contributed by atoms with Gasteiger partial charge in [-0.1, -0.05) is 0 Å². The molecule has 0 spiro atoms. The number of carbonyl (C=O) groups excluding carboxylic acids is 3. The van der Waals surface area contributed by atoms with E-state index in [1.807, 2.05) is 13.8 Å².